The fourth-order valence-corrected chi connectivity index (χ4v) is 12.8. The summed E-state index contributed by atoms with van der Waals surface area (Å²) in [6.07, 6.45) is 5.88. The highest BCUT2D eigenvalue weighted by Gasteiger charge is 2.41. The molecule has 0 fully saturated rings. The number of ether oxygens (including phenoxy) is 3. The van der Waals surface area contributed by atoms with Crippen LogP contribution in [0.25, 0.3) is 11.1 Å². The first-order valence-corrected chi connectivity index (χ1v) is 36.9. The molecule has 2 aliphatic heterocycles. The Morgan fingerprint density at radius 1 is 0.659 bits per heavy atom. The summed E-state index contributed by atoms with van der Waals surface area (Å²) in [5, 5.41) is 2.71. The predicted octanol–water partition coefficient (Wildman–Crippen LogP) is 12.6. The van der Waals surface area contributed by atoms with Crippen LogP contribution >= 0.6 is 0 Å². The highest BCUT2D eigenvalue weighted by Crippen LogP contribution is 2.40. The topological polar surface area (TPSA) is 210 Å². The Morgan fingerprint density at radius 3 is 1.43 bits per heavy atom. The number of hydrogen-bond donors (Lipinski definition) is 2. The van der Waals surface area contributed by atoms with E-state index in [0.29, 0.717) is 72.5 Å². The molecule has 0 unspecified atom stereocenters. The Labute approximate surface area is 490 Å². The maximum Gasteiger partial charge on any atom is 0.411 e. The van der Waals surface area contributed by atoms with Crippen molar-refractivity contribution in [3.05, 3.63) is 131 Å². The van der Waals surface area contributed by atoms with Crippen molar-refractivity contribution >= 4 is 76.7 Å². The fraction of sp³-hybridized carbons (Fsp3) is 0.468. The van der Waals surface area contributed by atoms with E-state index >= 15 is 0 Å². The van der Waals surface area contributed by atoms with Crippen molar-refractivity contribution in [1.29, 1.82) is 0 Å². The van der Waals surface area contributed by atoms with Crippen molar-refractivity contribution in [3.63, 3.8) is 0 Å². The van der Waals surface area contributed by atoms with Gasteiger partial charge in [-0.15, -0.1) is 0 Å². The van der Waals surface area contributed by atoms with Crippen molar-refractivity contribution < 1.29 is 54.3 Å². The van der Waals surface area contributed by atoms with E-state index in [1.165, 1.54) is 13.2 Å². The van der Waals surface area contributed by atoms with Crippen LogP contribution in [0.1, 0.15) is 111 Å². The standard InChI is InChI=1S/C33H46N2O7SSi.C29H42N2O5SSi/c1-10-18-41-32(37)34-29-19-23(3)30(40-7)21-28(29)31(36)35-17-16-25(20-26(35)22-42-44(8,9)33(4,5)6)24-12-14-27(15-13-24)43(38,39)11-2;1-9-37(33,34)24-12-10-21(11-13-24)22-14-15-31(23(17-22)19-36-38(7,8)29(3,4)5)28(32)25-18-27(35-6)20(2)16-26(25)30/h10,12-16,19,21,26H,1,11,17-18,20,22H2,2-9H3,(H,34,37);10-14,16,18,23H,9,15,17,19,30H2,1-8H3/t26-;23-/m00/s1. The molecule has 2 heterocycles. The first-order valence-electron chi connectivity index (χ1n) is 27.8. The number of nitrogens with one attached hydrogen (secondary N) is 1. The molecule has 16 nitrogen and oxygen atoms in total. The van der Waals surface area contributed by atoms with Crippen molar-refractivity contribution in [3.8, 4) is 11.5 Å². The van der Waals surface area contributed by atoms with Gasteiger partial charge in [-0.3, -0.25) is 14.9 Å². The number of rotatable bonds is 19. The van der Waals surface area contributed by atoms with Gasteiger partial charge >= 0.3 is 6.09 Å². The number of amides is 3. The summed E-state index contributed by atoms with van der Waals surface area (Å²) >= 11 is 0. The van der Waals surface area contributed by atoms with Crippen LogP contribution in [0.5, 0.6) is 11.5 Å². The van der Waals surface area contributed by atoms with Crippen LogP contribution in [0, 0.1) is 13.8 Å². The Hall–Kier alpha value is -6.04. The number of nitrogens with zero attached hydrogens (tertiary/aromatic N) is 2. The van der Waals surface area contributed by atoms with E-state index in [9.17, 15) is 31.2 Å². The molecule has 3 N–H and O–H groups in total. The number of sulfone groups is 2. The minimum atomic E-state index is -3.31. The molecule has 3 amide bonds. The second kappa shape index (κ2) is 27.1. The average molecular weight is 1200 g/mol. The van der Waals surface area contributed by atoms with Gasteiger partial charge in [-0.25, -0.2) is 21.6 Å². The Morgan fingerprint density at radius 2 is 1.05 bits per heavy atom. The molecule has 6 rings (SSSR count). The Kier molecular flexibility index (Phi) is 22.1. The van der Waals surface area contributed by atoms with Crippen LogP contribution in [0.4, 0.5) is 16.2 Å². The van der Waals surface area contributed by atoms with Gasteiger partial charge in [-0.2, -0.15) is 0 Å². The van der Waals surface area contributed by atoms with E-state index in [1.54, 1.807) is 74.4 Å². The van der Waals surface area contributed by atoms with E-state index < -0.39 is 42.4 Å². The monoisotopic (exact) mass is 1200 g/mol. The number of carbonyl (C=O) groups excluding carboxylic acids is 3. The number of carbonyl (C=O) groups is 3. The molecule has 448 valence electrons. The Bertz CT molecular complexity index is 3250. The third-order valence-corrected chi connectivity index (χ3v) is 28.8. The number of hydrogen-bond acceptors (Lipinski definition) is 13. The van der Waals surface area contributed by atoms with Gasteiger partial charge < -0.3 is 38.6 Å². The van der Waals surface area contributed by atoms with Crippen molar-refractivity contribution in [2.75, 3.05) is 69.7 Å². The lowest BCUT2D eigenvalue weighted by atomic mass is 9.93. The first-order chi connectivity index (χ1) is 38.1. The van der Waals surface area contributed by atoms with E-state index in [2.05, 4.69) is 79.6 Å². The van der Waals surface area contributed by atoms with E-state index in [1.807, 2.05) is 55.2 Å². The lowest BCUT2D eigenvalue weighted by Gasteiger charge is -2.41. The summed E-state index contributed by atoms with van der Waals surface area (Å²) in [4.78, 5) is 44.8. The van der Waals surface area contributed by atoms with Crippen LogP contribution in [0.2, 0.25) is 36.3 Å². The number of benzene rings is 4. The number of aryl methyl sites for hydroxylation is 2. The van der Waals surface area contributed by atoms with Gasteiger partial charge in [-0.05, 0) is 145 Å². The molecule has 0 bridgehead atoms. The highest BCUT2D eigenvalue weighted by atomic mass is 32.2. The molecule has 2 aliphatic rings. The van der Waals surface area contributed by atoms with Gasteiger partial charge in [-0.1, -0.05) is 104 Å². The average Bonchev–Trinajstić information content (AvgIpc) is 3.63. The molecule has 82 heavy (non-hydrogen) atoms. The summed E-state index contributed by atoms with van der Waals surface area (Å²) in [7, 11) is -7.70. The Balaban J connectivity index is 0.000000304. The quantitative estimate of drug-likeness (QED) is 0.0509. The molecule has 20 heteroatoms. The molecule has 0 saturated carbocycles. The number of methoxy groups -OCH3 is 2. The molecule has 0 radical (unpaired) electrons. The van der Waals surface area contributed by atoms with Gasteiger partial charge in [0.25, 0.3) is 11.8 Å². The zero-order valence-corrected chi connectivity index (χ0v) is 54.7. The van der Waals surface area contributed by atoms with Gasteiger partial charge in [0.15, 0.2) is 36.3 Å². The smallest absolute Gasteiger partial charge is 0.411 e. The second-order valence-electron chi connectivity index (χ2n) is 23.9. The maximum atomic E-state index is 14.3. The zero-order chi connectivity index (χ0) is 61.3. The summed E-state index contributed by atoms with van der Waals surface area (Å²) in [5.74, 6) is 0.780. The largest absolute Gasteiger partial charge is 0.496 e. The van der Waals surface area contributed by atoms with E-state index in [-0.39, 0.29) is 62.5 Å². The minimum Gasteiger partial charge on any atom is -0.496 e. The van der Waals surface area contributed by atoms with Gasteiger partial charge in [0, 0.05) is 18.8 Å². The van der Waals surface area contributed by atoms with Crippen LogP contribution in [-0.2, 0) is 33.3 Å². The molecule has 0 aromatic heterocycles. The van der Waals surface area contributed by atoms with Crippen molar-refractivity contribution in [2.45, 2.75) is 140 Å². The summed E-state index contributed by atoms with van der Waals surface area (Å²) < 4.78 is 78.5. The minimum absolute atomic E-state index is 0.0248. The molecular formula is C62H88N4O12S2Si2. The van der Waals surface area contributed by atoms with Crippen LogP contribution in [0.15, 0.2) is 107 Å². The maximum absolute atomic E-state index is 14.3. The molecule has 0 spiro atoms. The second-order valence-corrected chi connectivity index (χ2v) is 38.1. The van der Waals surface area contributed by atoms with Crippen molar-refractivity contribution in [2.24, 2.45) is 0 Å². The van der Waals surface area contributed by atoms with E-state index in [4.69, 9.17) is 28.8 Å². The van der Waals surface area contributed by atoms with Gasteiger partial charge in [0.1, 0.15) is 18.1 Å². The molecule has 2 atom stereocenters. The van der Waals surface area contributed by atoms with Crippen LogP contribution in [0.3, 0.4) is 0 Å². The lowest BCUT2D eigenvalue weighted by molar-refractivity contribution is 0.0621. The number of nitrogen functional groups attached to an aromatic ring is 1. The number of anilines is 2. The highest BCUT2D eigenvalue weighted by molar-refractivity contribution is 7.91. The zero-order valence-electron chi connectivity index (χ0n) is 51.1. The third-order valence-electron chi connectivity index (χ3n) is 16.3. The molecule has 4 aromatic rings. The van der Waals surface area contributed by atoms with E-state index in [0.717, 1.165) is 33.4 Å². The van der Waals surface area contributed by atoms with Crippen LogP contribution in [-0.4, -0.2) is 132 Å². The third kappa shape index (κ3) is 16.2. The summed E-state index contributed by atoms with van der Waals surface area (Å²) in [6, 6.07) is 20.2. The normalized spacial score (nSPS) is 16.2. The first kappa shape index (κ1) is 66.8. The van der Waals surface area contributed by atoms with Gasteiger partial charge in [0.2, 0.25) is 0 Å². The molecule has 0 saturated heterocycles. The van der Waals surface area contributed by atoms with Crippen molar-refractivity contribution in [1.82, 2.24) is 9.80 Å². The lowest BCUT2D eigenvalue weighted by Crippen LogP contribution is -2.49. The molecule has 0 aliphatic carbocycles. The predicted molar refractivity (Wildman–Crippen MR) is 335 cm³/mol. The SMILES string of the molecule is C=CCOC(=O)Nc1cc(C)c(OC)cc1C(=O)N1CC=C(c2ccc(S(=O)(=O)CC)cc2)C[C@H]1CO[Si](C)(C)C(C)(C)C.CCS(=O)(=O)c1ccc(C2=CCN(C(=O)c3cc(OC)c(C)cc3N)[C@H](CO[Si](C)(C)C(C)(C)C)C2)cc1. The fourth-order valence-electron chi connectivity index (χ4n) is 8.90. The van der Waals surface area contributed by atoms with Gasteiger partial charge in [0.05, 0.1) is 77.6 Å². The summed E-state index contributed by atoms with van der Waals surface area (Å²) in [5.41, 5.74) is 13.2. The molecular weight excluding hydrogens is 1110 g/mol. The van der Waals surface area contributed by atoms with Crippen LogP contribution < -0.4 is 20.5 Å². The number of nitrogens with two attached hydrogens (primary N) is 1. The summed E-state index contributed by atoms with van der Waals surface area (Å²) in [6.45, 7) is 33.9. The molecule has 4 aromatic carbocycles.